The van der Waals surface area contributed by atoms with Crippen molar-refractivity contribution in [2.45, 2.75) is 11.0 Å². The molecule has 1 aliphatic rings. The maximum atomic E-state index is 12.2. The van der Waals surface area contributed by atoms with Crippen LogP contribution in [0.3, 0.4) is 0 Å². The van der Waals surface area contributed by atoms with E-state index in [1.54, 1.807) is 0 Å². The zero-order valence-electron chi connectivity index (χ0n) is 11.2. The van der Waals surface area contributed by atoms with Crippen molar-refractivity contribution in [1.82, 2.24) is 4.72 Å². The summed E-state index contributed by atoms with van der Waals surface area (Å²) in [5, 5.41) is 0. The van der Waals surface area contributed by atoms with Gasteiger partial charge in [-0.3, -0.25) is 0 Å². The second-order valence-electron chi connectivity index (χ2n) is 4.32. The number of methoxy groups -OCH3 is 1. The Labute approximate surface area is 118 Å². The number of hydrogen-bond acceptors (Lipinski definition) is 6. The molecule has 112 valence electrons. The predicted molar refractivity (Wildman–Crippen MR) is 73.2 cm³/mol. The van der Waals surface area contributed by atoms with Gasteiger partial charge in [0, 0.05) is 12.6 Å². The third-order valence-electron chi connectivity index (χ3n) is 2.90. The number of anilines is 1. The molecule has 0 aromatic heterocycles. The number of nitrogens with two attached hydrogens (primary N) is 1. The van der Waals surface area contributed by atoms with Gasteiger partial charge < -0.3 is 19.9 Å². The summed E-state index contributed by atoms with van der Waals surface area (Å²) in [5.74, 6) is 0.324. The van der Waals surface area contributed by atoms with Gasteiger partial charge in [0.1, 0.15) is 5.75 Å². The normalized spacial score (nSPS) is 19.8. The summed E-state index contributed by atoms with van der Waals surface area (Å²) in [7, 11) is -2.20. The molecule has 0 amide bonds. The van der Waals surface area contributed by atoms with Crippen molar-refractivity contribution in [3.05, 3.63) is 18.2 Å². The van der Waals surface area contributed by atoms with E-state index in [2.05, 4.69) is 4.72 Å². The van der Waals surface area contributed by atoms with Crippen LogP contribution >= 0.6 is 0 Å². The minimum absolute atomic E-state index is 0.0975. The van der Waals surface area contributed by atoms with Gasteiger partial charge in [0.2, 0.25) is 10.0 Å². The first kappa shape index (κ1) is 15.0. The number of nitrogen functional groups attached to an aromatic ring is 1. The van der Waals surface area contributed by atoms with Gasteiger partial charge in [-0.2, -0.15) is 0 Å². The molecular weight excluding hydrogens is 284 g/mol. The molecule has 0 spiro atoms. The number of sulfonamides is 1. The van der Waals surface area contributed by atoms with Crippen molar-refractivity contribution >= 4 is 15.7 Å². The average molecular weight is 302 g/mol. The highest BCUT2D eigenvalue weighted by Gasteiger charge is 2.20. The highest BCUT2D eigenvalue weighted by atomic mass is 32.2. The lowest BCUT2D eigenvalue weighted by Gasteiger charge is -2.23. The summed E-state index contributed by atoms with van der Waals surface area (Å²) in [4.78, 5) is 0.0975. The van der Waals surface area contributed by atoms with Gasteiger partial charge in [-0.05, 0) is 12.1 Å². The van der Waals surface area contributed by atoms with Crippen LogP contribution in [0.1, 0.15) is 0 Å². The monoisotopic (exact) mass is 302 g/mol. The first-order chi connectivity index (χ1) is 9.53. The van der Waals surface area contributed by atoms with E-state index in [-0.39, 0.29) is 17.5 Å². The molecule has 0 radical (unpaired) electrons. The minimum atomic E-state index is -3.63. The Bertz CT molecular complexity index is 555. The molecule has 1 unspecified atom stereocenters. The van der Waals surface area contributed by atoms with Gasteiger partial charge in [-0.25, -0.2) is 13.1 Å². The van der Waals surface area contributed by atoms with Crippen molar-refractivity contribution < 1.29 is 22.6 Å². The molecule has 0 bridgehead atoms. The third kappa shape index (κ3) is 3.60. The minimum Gasteiger partial charge on any atom is -0.495 e. The Morgan fingerprint density at radius 3 is 2.90 bits per heavy atom. The molecule has 1 aliphatic heterocycles. The second-order valence-corrected chi connectivity index (χ2v) is 6.09. The lowest BCUT2D eigenvalue weighted by atomic mass is 10.3. The average Bonchev–Trinajstić information content (AvgIpc) is 2.46. The maximum Gasteiger partial charge on any atom is 0.240 e. The van der Waals surface area contributed by atoms with E-state index < -0.39 is 10.0 Å². The highest BCUT2D eigenvalue weighted by Crippen LogP contribution is 2.24. The highest BCUT2D eigenvalue weighted by molar-refractivity contribution is 7.89. The summed E-state index contributed by atoms with van der Waals surface area (Å²) in [6.07, 6.45) is -0.269. The molecule has 0 aliphatic carbocycles. The van der Waals surface area contributed by atoms with Crippen LogP contribution < -0.4 is 15.2 Å². The van der Waals surface area contributed by atoms with Crippen LogP contribution in [-0.2, 0) is 19.5 Å². The third-order valence-corrected chi connectivity index (χ3v) is 4.32. The molecule has 1 atom stereocenters. The zero-order valence-corrected chi connectivity index (χ0v) is 12.0. The fourth-order valence-electron chi connectivity index (χ4n) is 1.80. The molecule has 1 saturated heterocycles. The number of nitrogens with one attached hydrogen (secondary N) is 1. The molecule has 1 aromatic rings. The number of benzene rings is 1. The first-order valence-electron chi connectivity index (χ1n) is 6.15. The topological polar surface area (TPSA) is 99.9 Å². The number of ether oxygens (including phenoxy) is 3. The van der Waals surface area contributed by atoms with E-state index >= 15 is 0 Å². The molecule has 8 heteroatoms. The van der Waals surface area contributed by atoms with E-state index in [9.17, 15) is 8.42 Å². The molecule has 3 N–H and O–H groups in total. The van der Waals surface area contributed by atoms with Gasteiger partial charge in [0.05, 0.1) is 43.6 Å². The van der Waals surface area contributed by atoms with Crippen molar-refractivity contribution in [3.63, 3.8) is 0 Å². The molecule has 7 nitrogen and oxygen atoms in total. The SMILES string of the molecule is COc1cc(S(=O)(=O)NCC2COCCO2)ccc1N. The Morgan fingerprint density at radius 2 is 2.25 bits per heavy atom. The summed E-state index contributed by atoms with van der Waals surface area (Å²) in [5.41, 5.74) is 6.04. The van der Waals surface area contributed by atoms with Gasteiger partial charge in [0.25, 0.3) is 0 Å². The number of rotatable bonds is 5. The van der Waals surface area contributed by atoms with Crippen LogP contribution in [-0.4, -0.2) is 48.0 Å². The van der Waals surface area contributed by atoms with Crippen LogP contribution in [0.25, 0.3) is 0 Å². The first-order valence-corrected chi connectivity index (χ1v) is 7.64. The van der Waals surface area contributed by atoms with E-state index in [0.29, 0.717) is 31.3 Å². The quantitative estimate of drug-likeness (QED) is 0.741. The fraction of sp³-hybridized carbons (Fsp3) is 0.500. The standard InChI is InChI=1S/C12H18N2O5S/c1-17-12-6-10(2-3-11(12)13)20(15,16)14-7-9-8-18-4-5-19-9/h2-3,6,9,14H,4-5,7-8,13H2,1H3. The van der Waals surface area contributed by atoms with Crippen LogP contribution in [0.5, 0.6) is 5.75 Å². The van der Waals surface area contributed by atoms with E-state index in [1.807, 2.05) is 0 Å². The lowest BCUT2D eigenvalue weighted by Crippen LogP contribution is -2.39. The second kappa shape index (κ2) is 6.40. The fourth-order valence-corrected chi connectivity index (χ4v) is 2.88. The predicted octanol–water partition coefficient (Wildman–Crippen LogP) is -0.0289. The van der Waals surface area contributed by atoms with Gasteiger partial charge >= 0.3 is 0 Å². The van der Waals surface area contributed by atoms with Crippen LogP contribution in [0.15, 0.2) is 23.1 Å². The Hall–Kier alpha value is -1.35. The molecule has 20 heavy (non-hydrogen) atoms. The van der Waals surface area contributed by atoms with Crippen molar-refractivity contribution in [1.29, 1.82) is 0 Å². The molecule has 0 saturated carbocycles. The lowest BCUT2D eigenvalue weighted by molar-refractivity contribution is -0.0846. The van der Waals surface area contributed by atoms with Crippen LogP contribution in [0, 0.1) is 0 Å². The molecule has 1 heterocycles. The zero-order chi connectivity index (χ0) is 14.6. The summed E-state index contributed by atoms with van der Waals surface area (Å²) >= 11 is 0. The van der Waals surface area contributed by atoms with E-state index in [0.717, 1.165) is 0 Å². The number of hydrogen-bond donors (Lipinski definition) is 2. The summed E-state index contributed by atoms with van der Waals surface area (Å²) < 4.78 is 42.4. The smallest absolute Gasteiger partial charge is 0.240 e. The molecule has 1 fully saturated rings. The Morgan fingerprint density at radius 1 is 1.45 bits per heavy atom. The van der Waals surface area contributed by atoms with E-state index in [4.69, 9.17) is 19.9 Å². The maximum absolute atomic E-state index is 12.2. The van der Waals surface area contributed by atoms with Gasteiger partial charge in [0.15, 0.2) is 0 Å². The molecule has 1 aromatic carbocycles. The largest absolute Gasteiger partial charge is 0.495 e. The van der Waals surface area contributed by atoms with Crippen molar-refractivity contribution in [3.8, 4) is 5.75 Å². The Balaban J connectivity index is 2.05. The van der Waals surface area contributed by atoms with Crippen LogP contribution in [0.4, 0.5) is 5.69 Å². The summed E-state index contributed by atoms with van der Waals surface area (Å²) in [6, 6.07) is 4.31. The molecular formula is C12H18N2O5S. The van der Waals surface area contributed by atoms with E-state index in [1.165, 1.54) is 25.3 Å². The molecule has 2 rings (SSSR count). The van der Waals surface area contributed by atoms with Crippen molar-refractivity contribution in [2.24, 2.45) is 0 Å². The van der Waals surface area contributed by atoms with Gasteiger partial charge in [-0.1, -0.05) is 0 Å². The van der Waals surface area contributed by atoms with Gasteiger partial charge in [-0.15, -0.1) is 0 Å². The van der Waals surface area contributed by atoms with Crippen LogP contribution in [0.2, 0.25) is 0 Å². The summed E-state index contributed by atoms with van der Waals surface area (Å²) in [6.45, 7) is 1.56. The Kier molecular flexibility index (Phi) is 4.81. The van der Waals surface area contributed by atoms with Crippen molar-refractivity contribution in [2.75, 3.05) is 39.2 Å².